The van der Waals surface area contributed by atoms with Gasteiger partial charge in [0.25, 0.3) is 5.91 Å². The molecule has 3 rings (SSSR count). The van der Waals surface area contributed by atoms with Crippen LogP contribution in [0.4, 0.5) is 5.82 Å². The number of aromatic nitrogens is 2. The van der Waals surface area contributed by atoms with Crippen LogP contribution in [0.15, 0.2) is 60.8 Å². The molecule has 2 aromatic heterocycles. The highest BCUT2D eigenvalue weighted by Crippen LogP contribution is 2.15. The highest BCUT2D eigenvalue weighted by molar-refractivity contribution is 5.96. The first-order valence-corrected chi connectivity index (χ1v) is 10.3. The fourth-order valence-electron chi connectivity index (χ4n) is 3.14. The molecule has 8 heteroatoms. The number of carboxylic acid groups (broad SMARTS) is 1. The Hall–Kier alpha value is -3.94. The van der Waals surface area contributed by atoms with E-state index in [1.807, 2.05) is 25.2 Å². The summed E-state index contributed by atoms with van der Waals surface area (Å²) < 4.78 is 5.77. The van der Waals surface area contributed by atoms with Gasteiger partial charge in [0.05, 0.1) is 6.61 Å². The normalized spacial score (nSPS) is 11.4. The van der Waals surface area contributed by atoms with E-state index in [2.05, 4.69) is 20.6 Å². The second kappa shape index (κ2) is 10.9. The molecule has 1 amide bonds. The number of rotatable bonds is 10. The van der Waals surface area contributed by atoms with Gasteiger partial charge in [-0.3, -0.25) is 9.78 Å². The van der Waals surface area contributed by atoms with Gasteiger partial charge in [0.1, 0.15) is 23.3 Å². The summed E-state index contributed by atoms with van der Waals surface area (Å²) in [5.41, 5.74) is 2.60. The standard InChI is InChI=1S/C24H26N4O4/c1-16-5-4-13-26-22(16)23(29)28-20(24(30)31)15-17-8-10-19(11-9-17)32-14-12-18-6-3-7-21(25-2)27-18/h3-11,13,20H,12,14-15H2,1-2H3,(H,25,27)(H,28,29)(H,30,31)/t20-/m0/s1. The minimum absolute atomic E-state index is 0.147. The van der Waals surface area contributed by atoms with Gasteiger partial charge in [-0.25, -0.2) is 9.78 Å². The van der Waals surface area contributed by atoms with Crippen LogP contribution in [-0.4, -0.2) is 46.6 Å². The van der Waals surface area contributed by atoms with Crippen LogP contribution in [0, 0.1) is 6.92 Å². The predicted octanol–water partition coefficient (Wildman–Crippen LogP) is 2.87. The lowest BCUT2D eigenvalue weighted by Gasteiger charge is -2.15. The highest BCUT2D eigenvalue weighted by atomic mass is 16.5. The molecule has 0 spiro atoms. The van der Waals surface area contributed by atoms with Crippen LogP contribution in [0.25, 0.3) is 0 Å². The number of ether oxygens (including phenoxy) is 1. The summed E-state index contributed by atoms with van der Waals surface area (Å²) in [7, 11) is 1.82. The number of aliphatic carboxylic acids is 1. The van der Waals surface area contributed by atoms with Crippen LogP contribution >= 0.6 is 0 Å². The third kappa shape index (κ3) is 6.28. The SMILES string of the molecule is CNc1cccc(CCOc2ccc(C[C@H](NC(=O)c3ncccc3C)C(=O)O)cc2)n1. The number of carbonyl (C=O) groups excluding carboxylic acids is 1. The Labute approximate surface area is 186 Å². The molecule has 0 fully saturated rings. The Morgan fingerprint density at radius 3 is 2.56 bits per heavy atom. The summed E-state index contributed by atoms with van der Waals surface area (Å²) in [6.45, 7) is 2.22. The maximum Gasteiger partial charge on any atom is 0.326 e. The number of benzene rings is 1. The number of carboxylic acids is 1. The van der Waals surface area contributed by atoms with Gasteiger partial charge < -0.3 is 20.5 Å². The van der Waals surface area contributed by atoms with E-state index in [1.165, 1.54) is 6.20 Å². The number of aryl methyl sites for hydroxylation is 1. The molecule has 32 heavy (non-hydrogen) atoms. The van der Waals surface area contributed by atoms with E-state index in [9.17, 15) is 14.7 Å². The molecule has 2 heterocycles. The van der Waals surface area contributed by atoms with Gasteiger partial charge in [-0.2, -0.15) is 0 Å². The molecule has 3 aromatic rings. The average Bonchev–Trinajstić information content (AvgIpc) is 2.80. The van der Waals surface area contributed by atoms with E-state index < -0.39 is 17.9 Å². The van der Waals surface area contributed by atoms with Crippen molar-refractivity contribution < 1.29 is 19.4 Å². The quantitative estimate of drug-likeness (QED) is 0.450. The fourth-order valence-corrected chi connectivity index (χ4v) is 3.14. The first-order chi connectivity index (χ1) is 15.5. The number of nitrogens with one attached hydrogen (secondary N) is 2. The van der Waals surface area contributed by atoms with Crippen LogP contribution in [0.1, 0.15) is 27.3 Å². The zero-order valence-corrected chi connectivity index (χ0v) is 18.0. The van der Waals surface area contributed by atoms with Crippen molar-refractivity contribution in [3.05, 3.63) is 83.3 Å². The summed E-state index contributed by atoms with van der Waals surface area (Å²) in [6, 6.07) is 15.4. The van der Waals surface area contributed by atoms with Crippen LogP contribution in [0.2, 0.25) is 0 Å². The van der Waals surface area contributed by atoms with Crippen molar-refractivity contribution in [2.24, 2.45) is 0 Å². The van der Waals surface area contributed by atoms with Gasteiger partial charge >= 0.3 is 5.97 Å². The van der Waals surface area contributed by atoms with Crippen LogP contribution in [0.5, 0.6) is 5.75 Å². The third-order valence-corrected chi connectivity index (χ3v) is 4.88. The molecule has 0 unspecified atom stereocenters. The van der Waals surface area contributed by atoms with Crippen molar-refractivity contribution in [3.8, 4) is 5.75 Å². The summed E-state index contributed by atoms with van der Waals surface area (Å²) in [4.78, 5) is 32.6. The Morgan fingerprint density at radius 2 is 1.88 bits per heavy atom. The summed E-state index contributed by atoms with van der Waals surface area (Å²) in [5, 5.41) is 15.1. The van der Waals surface area contributed by atoms with Gasteiger partial charge in [0.2, 0.25) is 0 Å². The van der Waals surface area contributed by atoms with Crippen LogP contribution in [-0.2, 0) is 17.6 Å². The number of hydrogen-bond acceptors (Lipinski definition) is 6. The minimum Gasteiger partial charge on any atom is -0.493 e. The number of amides is 1. The molecule has 8 nitrogen and oxygen atoms in total. The van der Waals surface area contributed by atoms with Crippen LogP contribution < -0.4 is 15.4 Å². The molecule has 0 saturated heterocycles. The first kappa shape index (κ1) is 22.7. The number of anilines is 1. The Morgan fingerprint density at radius 1 is 1.09 bits per heavy atom. The molecular weight excluding hydrogens is 408 g/mol. The third-order valence-electron chi connectivity index (χ3n) is 4.88. The first-order valence-electron chi connectivity index (χ1n) is 10.3. The molecule has 166 valence electrons. The lowest BCUT2D eigenvalue weighted by Crippen LogP contribution is -2.42. The molecule has 0 aliphatic carbocycles. The Bertz CT molecular complexity index is 1070. The lowest BCUT2D eigenvalue weighted by atomic mass is 10.1. The molecule has 0 bridgehead atoms. The molecule has 0 radical (unpaired) electrons. The van der Waals surface area contributed by atoms with Gasteiger partial charge in [0, 0.05) is 31.8 Å². The highest BCUT2D eigenvalue weighted by Gasteiger charge is 2.22. The molecule has 3 N–H and O–H groups in total. The van der Waals surface area contributed by atoms with E-state index in [0.29, 0.717) is 24.3 Å². The van der Waals surface area contributed by atoms with Gasteiger partial charge in [-0.05, 0) is 48.4 Å². The molecular formula is C24H26N4O4. The van der Waals surface area contributed by atoms with Gasteiger partial charge in [0.15, 0.2) is 0 Å². The van der Waals surface area contributed by atoms with Crippen molar-refractivity contribution in [2.75, 3.05) is 19.0 Å². The monoisotopic (exact) mass is 434 g/mol. The largest absolute Gasteiger partial charge is 0.493 e. The average molecular weight is 434 g/mol. The van der Waals surface area contributed by atoms with Crippen molar-refractivity contribution in [1.29, 1.82) is 0 Å². The predicted molar refractivity (Wildman–Crippen MR) is 121 cm³/mol. The molecule has 0 saturated carbocycles. The summed E-state index contributed by atoms with van der Waals surface area (Å²) in [6.07, 6.45) is 2.31. The van der Waals surface area contributed by atoms with Crippen molar-refractivity contribution in [2.45, 2.75) is 25.8 Å². The van der Waals surface area contributed by atoms with E-state index >= 15 is 0 Å². The second-order valence-electron chi connectivity index (χ2n) is 7.24. The van der Waals surface area contributed by atoms with Gasteiger partial charge in [-0.15, -0.1) is 0 Å². The van der Waals surface area contributed by atoms with E-state index in [1.54, 1.807) is 43.3 Å². The van der Waals surface area contributed by atoms with Gasteiger partial charge in [-0.1, -0.05) is 24.3 Å². The smallest absolute Gasteiger partial charge is 0.326 e. The molecule has 0 aliphatic rings. The summed E-state index contributed by atoms with van der Waals surface area (Å²) >= 11 is 0. The molecule has 1 atom stereocenters. The number of carbonyl (C=O) groups is 2. The van der Waals surface area contributed by atoms with Crippen molar-refractivity contribution in [3.63, 3.8) is 0 Å². The fraction of sp³-hybridized carbons (Fsp3) is 0.250. The zero-order valence-electron chi connectivity index (χ0n) is 18.0. The zero-order chi connectivity index (χ0) is 22.9. The molecule has 1 aromatic carbocycles. The Kier molecular flexibility index (Phi) is 7.75. The number of hydrogen-bond donors (Lipinski definition) is 3. The second-order valence-corrected chi connectivity index (χ2v) is 7.24. The topological polar surface area (TPSA) is 113 Å². The molecule has 0 aliphatic heterocycles. The Balaban J connectivity index is 1.55. The van der Waals surface area contributed by atoms with Crippen molar-refractivity contribution in [1.82, 2.24) is 15.3 Å². The van der Waals surface area contributed by atoms with E-state index in [4.69, 9.17) is 4.74 Å². The maximum atomic E-state index is 12.4. The van der Waals surface area contributed by atoms with E-state index in [0.717, 1.165) is 17.1 Å². The van der Waals surface area contributed by atoms with Crippen LogP contribution in [0.3, 0.4) is 0 Å². The number of pyridine rings is 2. The van der Waals surface area contributed by atoms with Crippen molar-refractivity contribution >= 4 is 17.7 Å². The summed E-state index contributed by atoms with van der Waals surface area (Å²) in [5.74, 6) is -0.126. The number of nitrogens with zero attached hydrogens (tertiary/aromatic N) is 2. The maximum absolute atomic E-state index is 12.4. The minimum atomic E-state index is -1.11. The lowest BCUT2D eigenvalue weighted by molar-refractivity contribution is -0.139. The van der Waals surface area contributed by atoms with E-state index in [-0.39, 0.29) is 12.1 Å².